The first kappa shape index (κ1) is 20.9. The number of thioether (sulfide) groups is 1. The number of fused-ring (bicyclic) bond motifs is 1. The normalized spacial score (nSPS) is 20.0. The van der Waals surface area contributed by atoms with Crippen LogP contribution in [0.15, 0.2) is 53.5 Å². The molecule has 0 aliphatic carbocycles. The average molecular weight is 485 g/mol. The molecule has 2 N–H and O–H groups in total. The summed E-state index contributed by atoms with van der Waals surface area (Å²) in [6, 6.07) is 12.5. The lowest BCUT2D eigenvalue weighted by molar-refractivity contribution is -0.150. The van der Waals surface area contributed by atoms with Gasteiger partial charge in [-0.15, -0.1) is 33.3 Å². The van der Waals surface area contributed by atoms with E-state index in [-0.39, 0.29) is 18.0 Å². The van der Waals surface area contributed by atoms with Crippen LogP contribution in [0.4, 0.5) is 0 Å². The van der Waals surface area contributed by atoms with E-state index in [1.807, 2.05) is 47.8 Å². The maximum Gasteiger partial charge on any atom is 0.353 e. The van der Waals surface area contributed by atoms with Crippen LogP contribution in [0, 0.1) is 0 Å². The Labute approximate surface area is 195 Å². The zero-order chi connectivity index (χ0) is 22.2. The van der Waals surface area contributed by atoms with Gasteiger partial charge in [0.25, 0.3) is 5.91 Å². The third-order valence-electron chi connectivity index (χ3n) is 5.11. The number of aromatic nitrogens is 2. The second kappa shape index (κ2) is 8.49. The van der Waals surface area contributed by atoms with Crippen molar-refractivity contribution in [3.63, 3.8) is 0 Å². The first-order chi connectivity index (χ1) is 15.5. The van der Waals surface area contributed by atoms with Gasteiger partial charge in [-0.1, -0.05) is 47.7 Å². The molecule has 0 spiro atoms. The SMILES string of the molecule is O=C(Cc1cccs1)NC1C(=O)N2C(C(=O)O)=C(c3nnc(-c4ccccc4)s3)CS[C@H]12. The van der Waals surface area contributed by atoms with Crippen LogP contribution in [-0.2, 0) is 20.8 Å². The second-order valence-electron chi connectivity index (χ2n) is 7.12. The molecule has 0 bridgehead atoms. The molecule has 2 atom stereocenters. The molecule has 1 saturated heterocycles. The van der Waals surface area contributed by atoms with Gasteiger partial charge in [0.05, 0.1) is 6.42 Å². The Morgan fingerprint density at radius 3 is 2.62 bits per heavy atom. The van der Waals surface area contributed by atoms with Crippen molar-refractivity contribution in [2.75, 3.05) is 5.75 Å². The zero-order valence-electron chi connectivity index (χ0n) is 16.4. The Kier molecular flexibility index (Phi) is 5.53. The third kappa shape index (κ3) is 3.72. The van der Waals surface area contributed by atoms with Crippen LogP contribution in [0.5, 0.6) is 0 Å². The maximum absolute atomic E-state index is 12.8. The first-order valence-corrected chi connectivity index (χ1v) is 12.4. The van der Waals surface area contributed by atoms with E-state index in [0.29, 0.717) is 21.3 Å². The minimum Gasteiger partial charge on any atom is -0.477 e. The van der Waals surface area contributed by atoms with Crippen molar-refractivity contribution in [2.45, 2.75) is 17.8 Å². The molecule has 0 radical (unpaired) electrons. The van der Waals surface area contributed by atoms with Crippen molar-refractivity contribution in [1.82, 2.24) is 20.4 Å². The van der Waals surface area contributed by atoms with E-state index in [0.717, 1.165) is 10.4 Å². The van der Waals surface area contributed by atoms with Crippen molar-refractivity contribution >= 4 is 57.8 Å². The van der Waals surface area contributed by atoms with Crippen LogP contribution in [0.25, 0.3) is 16.1 Å². The first-order valence-electron chi connectivity index (χ1n) is 9.65. The molecule has 2 aliphatic heterocycles. The zero-order valence-corrected chi connectivity index (χ0v) is 18.9. The van der Waals surface area contributed by atoms with Gasteiger partial charge in [-0.25, -0.2) is 4.79 Å². The van der Waals surface area contributed by atoms with Crippen molar-refractivity contribution in [2.24, 2.45) is 0 Å². The van der Waals surface area contributed by atoms with Gasteiger partial charge in [0.1, 0.15) is 27.1 Å². The minimum atomic E-state index is -1.20. The van der Waals surface area contributed by atoms with E-state index in [4.69, 9.17) is 0 Å². The van der Waals surface area contributed by atoms with Crippen LogP contribution in [0.2, 0.25) is 0 Å². The Bertz CT molecular complexity index is 1220. The van der Waals surface area contributed by atoms with Crippen molar-refractivity contribution < 1.29 is 19.5 Å². The van der Waals surface area contributed by atoms with Gasteiger partial charge in [-0.05, 0) is 11.4 Å². The lowest BCUT2D eigenvalue weighted by Gasteiger charge is -2.49. The van der Waals surface area contributed by atoms with Gasteiger partial charge in [0.15, 0.2) is 0 Å². The number of amides is 2. The highest BCUT2D eigenvalue weighted by atomic mass is 32.2. The van der Waals surface area contributed by atoms with Gasteiger partial charge in [-0.2, -0.15) is 0 Å². The van der Waals surface area contributed by atoms with E-state index >= 15 is 0 Å². The molecular formula is C21H16N4O4S3. The summed E-state index contributed by atoms with van der Waals surface area (Å²) in [7, 11) is 0. The molecule has 1 fully saturated rings. The van der Waals surface area contributed by atoms with Crippen LogP contribution in [-0.4, -0.2) is 55.2 Å². The van der Waals surface area contributed by atoms with Crippen molar-refractivity contribution in [3.8, 4) is 10.6 Å². The lowest BCUT2D eigenvalue weighted by Crippen LogP contribution is -2.70. The second-order valence-corrected chi connectivity index (χ2v) is 10.2. The molecule has 162 valence electrons. The predicted octanol–water partition coefficient (Wildman–Crippen LogP) is 2.70. The highest BCUT2D eigenvalue weighted by Crippen LogP contribution is 2.44. The quantitative estimate of drug-likeness (QED) is 0.517. The van der Waals surface area contributed by atoms with E-state index in [9.17, 15) is 19.5 Å². The highest BCUT2D eigenvalue weighted by Gasteiger charge is 2.54. The molecule has 8 nitrogen and oxygen atoms in total. The highest BCUT2D eigenvalue weighted by molar-refractivity contribution is 8.00. The van der Waals surface area contributed by atoms with Crippen LogP contribution in [0.3, 0.4) is 0 Å². The summed E-state index contributed by atoms with van der Waals surface area (Å²) >= 11 is 4.18. The number of hydrogen-bond donors (Lipinski definition) is 2. The number of nitrogens with zero attached hydrogens (tertiary/aromatic N) is 3. The average Bonchev–Trinajstić information content (AvgIpc) is 3.49. The molecule has 3 aromatic rings. The summed E-state index contributed by atoms with van der Waals surface area (Å²) in [5, 5.41) is 23.6. The molecule has 4 heterocycles. The smallest absolute Gasteiger partial charge is 0.353 e. The number of benzene rings is 1. The molecule has 1 unspecified atom stereocenters. The summed E-state index contributed by atoms with van der Waals surface area (Å²) in [6.45, 7) is 0. The maximum atomic E-state index is 12.8. The number of thiophene rings is 1. The third-order valence-corrected chi connectivity index (χ3v) is 8.29. The number of carboxylic acids is 1. The number of rotatable bonds is 6. The molecule has 1 aromatic carbocycles. The van der Waals surface area contributed by atoms with Gasteiger partial charge < -0.3 is 10.4 Å². The van der Waals surface area contributed by atoms with Gasteiger partial charge >= 0.3 is 5.97 Å². The van der Waals surface area contributed by atoms with Crippen LogP contribution >= 0.6 is 34.4 Å². The lowest BCUT2D eigenvalue weighted by atomic mass is 10.0. The number of carbonyl (C=O) groups is 3. The number of nitrogens with one attached hydrogen (secondary N) is 1. The fourth-order valence-electron chi connectivity index (χ4n) is 3.62. The largest absolute Gasteiger partial charge is 0.477 e. The van der Waals surface area contributed by atoms with Crippen LogP contribution in [0.1, 0.15) is 9.88 Å². The van der Waals surface area contributed by atoms with Crippen molar-refractivity contribution in [3.05, 3.63) is 63.4 Å². The van der Waals surface area contributed by atoms with E-state index in [1.165, 1.54) is 39.3 Å². The number of carboxylic acid groups (broad SMARTS) is 1. The summed E-state index contributed by atoms with van der Waals surface area (Å²) in [5.41, 5.74) is 1.28. The molecule has 32 heavy (non-hydrogen) atoms. The Morgan fingerprint density at radius 1 is 1.12 bits per heavy atom. The number of aliphatic carboxylic acids is 1. The van der Waals surface area contributed by atoms with E-state index in [2.05, 4.69) is 15.5 Å². The summed E-state index contributed by atoms with van der Waals surface area (Å²) < 4.78 is 0. The minimum absolute atomic E-state index is 0.0849. The Hall–Kier alpha value is -3.02. The fourth-order valence-corrected chi connectivity index (χ4v) is 6.65. The summed E-state index contributed by atoms with van der Waals surface area (Å²) in [5.74, 6) is -1.52. The van der Waals surface area contributed by atoms with Crippen LogP contribution < -0.4 is 5.32 Å². The van der Waals surface area contributed by atoms with E-state index < -0.39 is 23.3 Å². The standard InChI is InChI=1S/C21H16N4O4S3/c26-14(9-12-7-4-8-30-12)22-15-19(27)25-16(21(28)29)13(10-31-20(15)25)18-24-23-17(32-18)11-5-2-1-3-6-11/h1-8,15,20H,9-10H2,(H,22,26)(H,28,29)/t15?,20-/m1/s1. The Morgan fingerprint density at radius 2 is 1.91 bits per heavy atom. The number of carbonyl (C=O) groups excluding carboxylic acids is 2. The molecule has 2 amide bonds. The molecule has 5 rings (SSSR count). The van der Waals surface area contributed by atoms with Gasteiger partial charge in [0, 0.05) is 21.8 Å². The molecular weight excluding hydrogens is 468 g/mol. The fraction of sp³-hybridized carbons (Fsp3) is 0.190. The molecule has 11 heteroatoms. The monoisotopic (exact) mass is 484 g/mol. The summed E-state index contributed by atoms with van der Waals surface area (Å²) in [4.78, 5) is 39.4. The predicted molar refractivity (Wildman–Crippen MR) is 123 cm³/mol. The van der Waals surface area contributed by atoms with Gasteiger partial charge in [-0.3, -0.25) is 14.5 Å². The number of hydrogen-bond acceptors (Lipinski definition) is 8. The Balaban J connectivity index is 1.37. The van der Waals surface area contributed by atoms with E-state index in [1.54, 1.807) is 0 Å². The van der Waals surface area contributed by atoms with Gasteiger partial charge in [0.2, 0.25) is 5.91 Å². The molecule has 2 aliphatic rings. The molecule has 2 aromatic heterocycles. The number of β-lactam (4-membered cyclic amide) rings is 1. The van der Waals surface area contributed by atoms with Crippen molar-refractivity contribution in [1.29, 1.82) is 0 Å². The topological polar surface area (TPSA) is 112 Å². The molecule has 0 saturated carbocycles. The summed E-state index contributed by atoms with van der Waals surface area (Å²) in [6.07, 6.45) is 0.193.